The molecule has 162 valence electrons. The Bertz CT molecular complexity index is 1280. The van der Waals surface area contributed by atoms with E-state index in [1.807, 2.05) is 30.5 Å². The van der Waals surface area contributed by atoms with Gasteiger partial charge in [0.05, 0.1) is 24.2 Å². The Morgan fingerprint density at radius 1 is 1.12 bits per heavy atom. The first-order valence-corrected chi connectivity index (χ1v) is 10.5. The van der Waals surface area contributed by atoms with Crippen molar-refractivity contribution in [3.05, 3.63) is 65.3 Å². The Morgan fingerprint density at radius 2 is 1.91 bits per heavy atom. The quantitative estimate of drug-likeness (QED) is 0.410. The molecule has 5 rings (SSSR count). The molecule has 0 bridgehead atoms. The summed E-state index contributed by atoms with van der Waals surface area (Å²) in [5, 5.41) is 13.9. The normalized spacial score (nSPS) is 14.0. The summed E-state index contributed by atoms with van der Waals surface area (Å²) >= 11 is 6.23. The van der Waals surface area contributed by atoms with Gasteiger partial charge in [0.2, 0.25) is 5.95 Å². The third kappa shape index (κ3) is 3.98. The van der Waals surface area contributed by atoms with E-state index < -0.39 is 5.97 Å². The minimum absolute atomic E-state index is 0.219. The number of ether oxygens (including phenoxy) is 1. The third-order valence-corrected chi connectivity index (χ3v) is 5.58. The molecular weight excluding hydrogens is 430 g/mol. The number of anilines is 3. The van der Waals surface area contributed by atoms with Gasteiger partial charge in [0.15, 0.2) is 0 Å². The minimum atomic E-state index is -0.969. The predicted octanol–water partition coefficient (Wildman–Crippen LogP) is 4.56. The van der Waals surface area contributed by atoms with E-state index in [9.17, 15) is 4.79 Å². The zero-order chi connectivity index (χ0) is 22.1. The standard InChI is InChI=1S/C23H20ClN5O3/c24-16-3-1-2-15(12-16)18-13-25-20-19(18)21(29-8-10-32-11-9-29)28-23(27-20)26-17-6-4-14(5-7-17)22(30)31/h1-7,12-13H,8-11H2,(H,30,31)(H2,25,26,27,28). The maximum Gasteiger partial charge on any atom is 0.335 e. The van der Waals surface area contributed by atoms with Crippen LogP contribution in [0.4, 0.5) is 17.5 Å². The molecule has 3 N–H and O–H groups in total. The van der Waals surface area contributed by atoms with Gasteiger partial charge in [0.25, 0.3) is 0 Å². The number of benzene rings is 2. The van der Waals surface area contributed by atoms with Gasteiger partial charge < -0.3 is 25.0 Å². The fourth-order valence-electron chi connectivity index (χ4n) is 3.78. The molecule has 8 nitrogen and oxygen atoms in total. The molecule has 0 spiro atoms. The van der Waals surface area contributed by atoms with Crippen molar-refractivity contribution in [3.8, 4) is 11.1 Å². The van der Waals surface area contributed by atoms with E-state index in [0.29, 0.717) is 35.5 Å². The van der Waals surface area contributed by atoms with Gasteiger partial charge in [-0.15, -0.1) is 0 Å². The molecule has 0 aliphatic carbocycles. The molecule has 3 heterocycles. The Morgan fingerprint density at radius 3 is 2.62 bits per heavy atom. The van der Waals surface area contributed by atoms with Crippen molar-refractivity contribution in [2.24, 2.45) is 0 Å². The molecule has 1 aliphatic rings. The molecule has 0 radical (unpaired) electrons. The number of H-pyrrole nitrogens is 1. The number of carboxylic acid groups (broad SMARTS) is 1. The number of aromatic amines is 1. The van der Waals surface area contributed by atoms with E-state index in [0.717, 1.165) is 35.4 Å². The molecule has 9 heteroatoms. The number of aromatic nitrogens is 3. The molecule has 1 saturated heterocycles. The number of carbonyl (C=O) groups is 1. The molecule has 2 aromatic heterocycles. The maximum absolute atomic E-state index is 11.1. The summed E-state index contributed by atoms with van der Waals surface area (Å²) in [6, 6.07) is 14.2. The topological polar surface area (TPSA) is 103 Å². The smallest absolute Gasteiger partial charge is 0.335 e. The van der Waals surface area contributed by atoms with Crippen LogP contribution < -0.4 is 10.2 Å². The van der Waals surface area contributed by atoms with Crippen molar-refractivity contribution in [1.29, 1.82) is 0 Å². The summed E-state index contributed by atoms with van der Waals surface area (Å²) < 4.78 is 5.53. The zero-order valence-corrected chi connectivity index (χ0v) is 17.8. The van der Waals surface area contributed by atoms with Crippen LogP contribution in [0.5, 0.6) is 0 Å². The number of nitrogens with one attached hydrogen (secondary N) is 2. The summed E-state index contributed by atoms with van der Waals surface area (Å²) in [6.07, 6.45) is 1.92. The highest BCUT2D eigenvalue weighted by Crippen LogP contribution is 2.36. The van der Waals surface area contributed by atoms with E-state index in [-0.39, 0.29) is 5.56 Å². The number of fused-ring (bicyclic) bond motifs is 1. The van der Waals surface area contributed by atoms with Gasteiger partial charge in [0, 0.05) is 35.6 Å². The van der Waals surface area contributed by atoms with Crippen molar-refractivity contribution in [1.82, 2.24) is 15.0 Å². The monoisotopic (exact) mass is 449 g/mol. The first-order valence-electron chi connectivity index (χ1n) is 10.2. The van der Waals surface area contributed by atoms with Gasteiger partial charge in [-0.2, -0.15) is 9.97 Å². The van der Waals surface area contributed by atoms with E-state index in [1.165, 1.54) is 12.1 Å². The first kappa shape index (κ1) is 20.3. The van der Waals surface area contributed by atoms with E-state index in [1.54, 1.807) is 12.1 Å². The molecule has 1 aliphatic heterocycles. The average Bonchev–Trinajstić information content (AvgIpc) is 3.23. The predicted molar refractivity (Wildman–Crippen MR) is 124 cm³/mol. The molecule has 4 aromatic rings. The fraction of sp³-hybridized carbons (Fsp3) is 0.174. The lowest BCUT2D eigenvalue weighted by molar-refractivity contribution is 0.0697. The number of carboxylic acids is 1. The number of halogens is 1. The Balaban J connectivity index is 1.59. The molecule has 0 unspecified atom stereocenters. The number of rotatable bonds is 5. The second-order valence-electron chi connectivity index (χ2n) is 7.41. The van der Waals surface area contributed by atoms with Crippen LogP contribution in [-0.4, -0.2) is 52.3 Å². The Kier molecular flexibility index (Phi) is 5.38. The van der Waals surface area contributed by atoms with Gasteiger partial charge in [0.1, 0.15) is 11.5 Å². The second-order valence-corrected chi connectivity index (χ2v) is 7.85. The number of hydrogen-bond donors (Lipinski definition) is 3. The zero-order valence-electron chi connectivity index (χ0n) is 17.0. The largest absolute Gasteiger partial charge is 0.478 e. The van der Waals surface area contributed by atoms with Crippen LogP contribution in [0.15, 0.2) is 54.7 Å². The second kappa shape index (κ2) is 8.49. The Hall–Kier alpha value is -3.62. The summed E-state index contributed by atoms with van der Waals surface area (Å²) in [6.45, 7) is 2.70. The van der Waals surface area contributed by atoms with Crippen LogP contribution in [0, 0.1) is 0 Å². The molecule has 1 fully saturated rings. The SMILES string of the molecule is O=C(O)c1ccc(Nc2nc(N3CCOCC3)c3c(-c4cccc(Cl)c4)c[nH]c3n2)cc1. The summed E-state index contributed by atoms with van der Waals surface area (Å²) in [7, 11) is 0. The van der Waals surface area contributed by atoms with E-state index in [2.05, 4.69) is 20.2 Å². The number of morpholine rings is 1. The van der Waals surface area contributed by atoms with Crippen LogP contribution in [0.3, 0.4) is 0 Å². The van der Waals surface area contributed by atoms with E-state index in [4.69, 9.17) is 26.4 Å². The lowest BCUT2D eigenvalue weighted by Crippen LogP contribution is -2.37. The van der Waals surface area contributed by atoms with Crippen molar-refractivity contribution in [2.45, 2.75) is 0 Å². The van der Waals surface area contributed by atoms with Crippen molar-refractivity contribution >= 4 is 46.1 Å². The molecule has 0 amide bonds. The highest BCUT2D eigenvalue weighted by molar-refractivity contribution is 6.31. The van der Waals surface area contributed by atoms with Gasteiger partial charge >= 0.3 is 5.97 Å². The molecule has 0 saturated carbocycles. The van der Waals surface area contributed by atoms with Crippen molar-refractivity contribution < 1.29 is 14.6 Å². The van der Waals surface area contributed by atoms with Gasteiger partial charge in [-0.3, -0.25) is 0 Å². The minimum Gasteiger partial charge on any atom is -0.478 e. The summed E-state index contributed by atoms with van der Waals surface area (Å²) in [4.78, 5) is 26.1. The highest BCUT2D eigenvalue weighted by atomic mass is 35.5. The van der Waals surface area contributed by atoms with E-state index >= 15 is 0 Å². The third-order valence-electron chi connectivity index (χ3n) is 5.35. The van der Waals surface area contributed by atoms with Crippen LogP contribution in [0.2, 0.25) is 5.02 Å². The van der Waals surface area contributed by atoms with Crippen molar-refractivity contribution in [2.75, 3.05) is 36.5 Å². The number of hydrogen-bond acceptors (Lipinski definition) is 6. The van der Waals surface area contributed by atoms with Gasteiger partial charge in [-0.25, -0.2) is 4.79 Å². The molecule has 2 aromatic carbocycles. The summed E-state index contributed by atoms with van der Waals surface area (Å²) in [5.74, 6) is 0.254. The summed E-state index contributed by atoms with van der Waals surface area (Å²) in [5.41, 5.74) is 3.56. The molecular formula is C23H20ClN5O3. The van der Waals surface area contributed by atoms with Crippen LogP contribution in [-0.2, 0) is 4.74 Å². The lowest BCUT2D eigenvalue weighted by Gasteiger charge is -2.28. The highest BCUT2D eigenvalue weighted by Gasteiger charge is 2.21. The first-order chi connectivity index (χ1) is 15.6. The van der Waals surface area contributed by atoms with Crippen molar-refractivity contribution in [3.63, 3.8) is 0 Å². The molecule has 0 atom stereocenters. The number of aromatic carboxylic acids is 1. The van der Waals surface area contributed by atoms with Crippen LogP contribution in [0.25, 0.3) is 22.2 Å². The van der Waals surface area contributed by atoms with Gasteiger partial charge in [-0.1, -0.05) is 23.7 Å². The number of nitrogens with zero attached hydrogens (tertiary/aromatic N) is 3. The van der Waals surface area contributed by atoms with Crippen LogP contribution in [0.1, 0.15) is 10.4 Å². The molecule has 32 heavy (non-hydrogen) atoms. The van der Waals surface area contributed by atoms with Gasteiger partial charge in [-0.05, 0) is 42.0 Å². The lowest BCUT2D eigenvalue weighted by atomic mass is 10.1. The Labute approximate surface area is 188 Å². The fourth-order valence-corrected chi connectivity index (χ4v) is 3.97. The average molecular weight is 450 g/mol. The maximum atomic E-state index is 11.1. The van der Waals surface area contributed by atoms with Crippen LogP contribution >= 0.6 is 11.6 Å².